The molecule has 1 aromatic heterocycles. The number of phenols is 1. The zero-order valence-corrected chi connectivity index (χ0v) is 17.7. The van der Waals surface area contributed by atoms with Crippen LogP contribution in [-0.4, -0.2) is 22.8 Å². The highest BCUT2D eigenvalue weighted by Crippen LogP contribution is 2.41. The Bertz CT molecular complexity index is 1310. The van der Waals surface area contributed by atoms with Gasteiger partial charge in [0.15, 0.2) is 11.5 Å². The average molecular weight is 447 g/mol. The zero-order valence-electron chi connectivity index (χ0n) is 16.9. The second-order valence-corrected chi connectivity index (χ2v) is 7.88. The second-order valence-electron chi connectivity index (χ2n) is 7.47. The molecule has 3 aromatic carbocycles. The van der Waals surface area contributed by atoms with Crippen molar-refractivity contribution >= 4 is 28.4 Å². The molecule has 0 aliphatic carbocycles. The highest BCUT2D eigenvalue weighted by Gasteiger charge is 2.25. The normalized spacial score (nSPS) is 13.2. The maximum absolute atomic E-state index is 13.0. The first kappa shape index (κ1) is 20.2. The summed E-state index contributed by atoms with van der Waals surface area (Å²) in [7, 11) is 0. The van der Waals surface area contributed by atoms with Crippen molar-refractivity contribution in [2.24, 2.45) is 0 Å². The molecule has 2 heterocycles. The molecule has 2 N–H and O–H groups in total. The number of halogens is 1. The van der Waals surface area contributed by atoms with Gasteiger partial charge in [-0.2, -0.15) is 0 Å². The summed E-state index contributed by atoms with van der Waals surface area (Å²) in [4.78, 5) is 17.3. The summed E-state index contributed by atoms with van der Waals surface area (Å²) in [5.41, 5.74) is 2.42. The van der Waals surface area contributed by atoms with E-state index in [1.165, 1.54) is 0 Å². The number of aromatic nitrogens is 1. The van der Waals surface area contributed by atoms with Crippen LogP contribution in [0.25, 0.3) is 10.9 Å². The Balaban J connectivity index is 1.58. The molecule has 0 spiro atoms. The number of ether oxygens (including phenoxy) is 2. The first-order chi connectivity index (χ1) is 15.6. The quantitative estimate of drug-likeness (QED) is 0.461. The molecule has 32 heavy (non-hydrogen) atoms. The number of aromatic hydroxyl groups is 1. The minimum absolute atomic E-state index is 0.0346. The first-order valence-electron chi connectivity index (χ1n) is 10.1. The predicted molar refractivity (Wildman–Crippen MR) is 121 cm³/mol. The SMILES string of the molecule is O=C(Cc1ccccc1)NC(c1ccc2c(c1)OCO2)c1cc(Cl)c2cccnc2c1O. The molecular weight excluding hydrogens is 428 g/mol. The molecule has 5 rings (SSSR count). The maximum Gasteiger partial charge on any atom is 0.231 e. The molecule has 7 heteroatoms. The van der Waals surface area contributed by atoms with E-state index in [1.807, 2.05) is 36.4 Å². The Morgan fingerprint density at radius 1 is 1.06 bits per heavy atom. The lowest BCUT2D eigenvalue weighted by molar-refractivity contribution is -0.120. The van der Waals surface area contributed by atoms with E-state index in [-0.39, 0.29) is 24.9 Å². The van der Waals surface area contributed by atoms with Gasteiger partial charge in [-0.15, -0.1) is 0 Å². The Kier molecular flexibility index (Phi) is 5.29. The van der Waals surface area contributed by atoms with Gasteiger partial charge in [-0.25, -0.2) is 0 Å². The molecule has 160 valence electrons. The fourth-order valence-electron chi connectivity index (χ4n) is 3.85. The van der Waals surface area contributed by atoms with E-state index in [2.05, 4.69) is 10.3 Å². The predicted octanol–water partition coefficient (Wildman–Crippen LogP) is 4.77. The number of hydrogen-bond donors (Lipinski definition) is 2. The number of benzene rings is 3. The largest absolute Gasteiger partial charge is 0.505 e. The van der Waals surface area contributed by atoms with E-state index in [0.29, 0.717) is 33.0 Å². The topological polar surface area (TPSA) is 80.7 Å². The van der Waals surface area contributed by atoms with Crippen molar-refractivity contribution in [2.45, 2.75) is 12.5 Å². The lowest BCUT2D eigenvalue weighted by atomic mass is 9.95. The van der Waals surface area contributed by atoms with E-state index in [1.54, 1.807) is 36.5 Å². The Labute approximate surface area is 189 Å². The van der Waals surface area contributed by atoms with Crippen molar-refractivity contribution in [2.75, 3.05) is 6.79 Å². The Morgan fingerprint density at radius 3 is 2.72 bits per heavy atom. The van der Waals surface area contributed by atoms with Gasteiger partial charge in [0.05, 0.1) is 17.5 Å². The molecule has 1 amide bonds. The van der Waals surface area contributed by atoms with Gasteiger partial charge in [-0.3, -0.25) is 9.78 Å². The number of fused-ring (bicyclic) bond motifs is 2. The lowest BCUT2D eigenvalue weighted by Gasteiger charge is -2.22. The minimum atomic E-state index is -0.676. The van der Waals surface area contributed by atoms with Crippen LogP contribution in [-0.2, 0) is 11.2 Å². The number of phenolic OH excluding ortho intramolecular Hbond substituents is 1. The molecule has 1 aliphatic heterocycles. The van der Waals surface area contributed by atoms with Gasteiger partial charge in [0, 0.05) is 17.1 Å². The van der Waals surface area contributed by atoms with Gasteiger partial charge >= 0.3 is 0 Å². The maximum atomic E-state index is 13.0. The highest BCUT2D eigenvalue weighted by molar-refractivity contribution is 6.35. The van der Waals surface area contributed by atoms with Crippen LogP contribution in [0.15, 0.2) is 72.9 Å². The lowest BCUT2D eigenvalue weighted by Crippen LogP contribution is -2.30. The van der Waals surface area contributed by atoms with Gasteiger partial charge in [0.25, 0.3) is 0 Å². The number of amides is 1. The fourth-order valence-corrected chi connectivity index (χ4v) is 4.12. The van der Waals surface area contributed by atoms with E-state index >= 15 is 0 Å². The summed E-state index contributed by atoms with van der Waals surface area (Å²) in [5.74, 6) is 0.975. The van der Waals surface area contributed by atoms with Gasteiger partial charge in [0.2, 0.25) is 12.7 Å². The molecule has 0 bridgehead atoms. The van der Waals surface area contributed by atoms with Crippen LogP contribution in [0.5, 0.6) is 17.2 Å². The van der Waals surface area contributed by atoms with Crippen molar-refractivity contribution in [3.05, 3.63) is 94.6 Å². The molecule has 1 unspecified atom stereocenters. The van der Waals surface area contributed by atoms with E-state index in [9.17, 15) is 9.90 Å². The summed E-state index contributed by atoms with van der Waals surface area (Å²) in [5, 5.41) is 15.2. The third-order valence-electron chi connectivity index (χ3n) is 5.40. The number of carbonyl (C=O) groups is 1. The Hall–Kier alpha value is -3.77. The van der Waals surface area contributed by atoms with Crippen molar-refractivity contribution in [3.63, 3.8) is 0 Å². The van der Waals surface area contributed by atoms with Crippen LogP contribution in [0.4, 0.5) is 0 Å². The van der Waals surface area contributed by atoms with Crippen LogP contribution in [0.1, 0.15) is 22.7 Å². The van der Waals surface area contributed by atoms with Gasteiger partial charge in [0.1, 0.15) is 11.3 Å². The number of carbonyl (C=O) groups excluding carboxylic acids is 1. The van der Waals surface area contributed by atoms with Crippen LogP contribution in [0.3, 0.4) is 0 Å². The summed E-state index contributed by atoms with van der Waals surface area (Å²) < 4.78 is 10.9. The standard InChI is InChI=1S/C25H19ClN2O4/c26-19-13-18(25(30)24-17(19)7-4-10-27-24)23(16-8-9-20-21(12-16)32-14-31-20)28-22(29)11-15-5-2-1-3-6-15/h1-10,12-13,23,30H,11,14H2,(H,28,29). The second kappa shape index (κ2) is 8.40. The highest BCUT2D eigenvalue weighted by atomic mass is 35.5. The molecule has 1 aliphatic rings. The molecule has 4 aromatic rings. The van der Waals surface area contributed by atoms with Crippen molar-refractivity contribution in [3.8, 4) is 17.2 Å². The number of nitrogens with one attached hydrogen (secondary N) is 1. The molecule has 0 radical (unpaired) electrons. The molecule has 0 fully saturated rings. The van der Waals surface area contributed by atoms with Crippen molar-refractivity contribution in [1.29, 1.82) is 0 Å². The van der Waals surface area contributed by atoms with Crippen LogP contribution in [0.2, 0.25) is 5.02 Å². The molecule has 6 nitrogen and oxygen atoms in total. The third-order valence-corrected chi connectivity index (χ3v) is 5.71. The number of pyridine rings is 1. The minimum Gasteiger partial charge on any atom is -0.505 e. The van der Waals surface area contributed by atoms with E-state index in [4.69, 9.17) is 21.1 Å². The fraction of sp³-hybridized carbons (Fsp3) is 0.120. The molecular formula is C25H19ClN2O4. The summed E-state index contributed by atoms with van der Waals surface area (Å²) in [6.45, 7) is 0.140. The smallest absolute Gasteiger partial charge is 0.231 e. The van der Waals surface area contributed by atoms with Crippen LogP contribution < -0.4 is 14.8 Å². The number of nitrogens with zero attached hydrogens (tertiary/aromatic N) is 1. The summed E-state index contributed by atoms with van der Waals surface area (Å²) in [6.07, 6.45) is 1.79. The summed E-state index contributed by atoms with van der Waals surface area (Å²) in [6, 6.07) is 19.4. The number of rotatable bonds is 5. The number of hydrogen-bond acceptors (Lipinski definition) is 5. The third kappa shape index (κ3) is 3.81. The van der Waals surface area contributed by atoms with Gasteiger partial charge in [-0.05, 0) is 41.5 Å². The van der Waals surface area contributed by atoms with Crippen LogP contribution in [0, 0.1) is 0 Å². The first-order valence-corrected chi connectivity index (χ1v) is 10.5. The van der Waals surface area contributed by atoms with E-state index < -0.39 is 6.04 Å². The van der Waals surface area contributed by atoms with Gasteiger partial charge < -0.3 is 19.9 Å². The molecule has 0 saturated carbocycles. The monoisotopic (exact) mass is 446 g/mol. The van der Waals surface area contributed by atoms with Crippen LogP contribution >= 0.6 is 11.6 Å². The molecule has 1 atom stereocenters. The van der Waals surface area contributed by atoms with Crippen molar-refractivity contribution in [1.82, 2.24) is 10.3 Å². The van der Waals surface area contributed by atoms with Gasteiger partial charge in [-0.1, -0.05) is 48.0 Å². The molecule has 0 saturated heterocycles. The average Bonchev–Trinajstić information content (AvgIpc) is 3.29. The zero-order chi connectivity index (χ0) is 22.1. The van der Waals surface area contributed by atoms with E-state index in [0.717, 1.165) is 11.1 Å². The Morgan fingerprint density at radius 2 is 1.88 bits per heavy atom. The van der Waals surface area contributed by atoms with Crippen molar-refractivity contribution < 1.29 is 19.4 Å². The summed E-state index contributed by atoms with van der Waals surface area (Å²) >= 11 is 6.52.